The maximum Gasteiger partial charge on any atom is 0.234 e. The Labute approximate surface area is 154 Å². The molecule has 1 atom stereocenters. The predicted octanol–water partition coefficient (Wildman–Crippen LogP) is 3.56. The van der Waals surface area contributed by atoms with Gasteiger partial charge in [0.1, 0.15) is 5.82 Å². The van der Waals surface area contributed by atoms with Crippen molar-refractivity contribution in [1.29, 1.82) is 0 Å². The van der Waals surface area contributed by atoms with Crippen LogP contribution in [0, 0.1) is 11.2 Å². The number of nitrogens with zero attached hydrogens (tertiary/aromatic N) is 2. The third kappa shape index (κ3) is 3.23. The van der Waals surface area contributed by atoms with E-state index in [1.807, 2.05) is 32.0 Å². The summed E-state index contributed by atoms with van der Waals surface area (Å²) in [6.45, 7) is 5.29. The number of carbonyl (C=O) groups excluding carboxylic acids is 1. The first-order chi connectivity index (χ1) is 12.4. The number of halogens is 1. The number of amides is 1. The minimum Gasteiger partial charge on any atom is -0.383 e. The topological polar surface area (TPSA) is 42.4 Å². The number of benzene rings is 1. The quantitative estimate of drug-likeness (QED) is 0.762. The highest BCUT2D eigenvalue weighted by molar-refractivity contribution is 5.93. The van der Waals surface area contributed by atoms with Gasteiger partial charge in [-0.2, -0.15) is 0 Å². The van der Waals surface area contributed by atoms with Gasteiger partial charge in [-0.25, -0.2) is 4.39 Å². The summed E-state index contributed by atoms with van der Waals surface area (Å²) < 4.78 is 19.7. The summed E-state index contributed by atoms with van der Waals surface area (Å²) >= 11 is 0. The Morgan fingerprint density at radius 2 is 1.92 bits per heavy atom. The van der Waals surface area contributed by atoms with Crippen LogP contribution in [0.2, 0.25) is 0 Å². The summed E-state index contributed by atoms with van der Waals surface area (Å²) in [6, 6.07) is 12.2. The zero-order valence-electron chi connectivity index (χ0n) is 15.5. The van der Waals surface area contributed by atoms with E-state index in [0.717, 1.165) is 5.69 Å². The molecule has 1 amide bonds. The van der Waals surface area contributed by atoms with Gasteiger partial charge >= 0.3 is 0 Å². The zero-order chi connectivity index (χ0) is 18.8. The van der Waals surface area contributed by atoms with Crippen LogP contribution in [0.25, 0.3) is 0 Å². The highest BCUT2D eigenvalue weighted by atomic mass is 19.1. The third-order valence-corrected chi connectivity index (χ3v) is 5.37. The summed E-state index contributed by atoms with van der Waals surface area (Å²) in [5.41, 5.74) is 0.167. The molecule has 0 aliphatic heterocycles. The second-order valence-electron chi connectivity index (χ2n) is 7.49. The Balaban J connectivity index is 1.95. The molecule has 0 saturated heterocycles. The average Bonchev–Trinajstić information content (AvgIpc) is 3.22. The first-order valence-electron chi connectivity index (χ1n) is 8.85. The van der Waals surface area contributed by atoms with Gasteiger partial charge in [0, 0.05) is 25.4 Å². The molecule has 1 saturated carbocycles. The smallest absolute Gasteiger partial charge is 0.234 e. The van der Waals surface area contributed by atoms with Crippen LogP contribution in [-0.4, -0.2) is 36.1 Å². The van der Waals surface area contributed by atoms with E-state index in [1.165, 1.54) is 6.07 Å². The van der Waals surface area contributed by atoms with Crippen molar-refractivity contribution in [2.75, 3.05) is 20.3 Å². The molecule has 3 rings (SSSR count). The molecule has 1 fully saturated rings. The fourth-order valence-electron chi connectivity index (χ4n) is 3.78. The van der Waals surface area contributed by atoms with E-state index in [2.05, 4.69) is 4.98 Å². The number of rotatable bonds is 7. The van der Waals surface area contributed by atoms with Crippen LogP contribution in [0.3, 0.4) is 0 Å². The predicted molar refractivity (Wildman–Crippen MR) is 98.0 cm³/mol. The van der Waals surface area contributed by atoms with Gasteiger partial charge in [-0.15, -0.1) is 0 Å². The first-order valence-corrected chi connectivity index (χ1v) is 8.85. The maximum absolute atomic E-state index is 14.6. The van der Waals surface area contributed by atoms with Crippen LogP contribution >= 0.6 is 0 Å². The molecular formula is C21H25FN2O2. The third-order valence-electron chi connectivity index (χ3n) is 5.37. The molecule has 0 unspecified atom stereocenters. The molecule has 2 aromatic rings. The number of aromatic nitrogens is 1. The summed E-state index contributed by atoms with van der Waals surface area (Å²) in [4.78, 5) is 19.7. The van der Waals surface area contributed by atoms with Gasteiger partial charge in [-0.3, -0.25) is 9.78 Å². The Bertz CT molecular complexity index is 779. The molecule has 0 radical (unpaired) electrons. The second-order valence-corrected chi connectivity index (χ2v) is 7.49. The number of pyridine rings is 1. The van der Waals surface area contributed by atoms with Crippen molar-refractivity contribution in [2.45, 2.75) is 32.2 Å². The highest BCUT2D eigenvalue weighted by Crippen LogP contribution is 2.65. The molecule has 0 spiro atoms. The largest absolute Gasteiger partial charge is 0.383 e. The Morgan fingerprint density at radius 1 is 1.23 bits per heavy atom. The normalized spacial score (nSPS) is 20.6. The van der Waals surface area contributed by atoms with Gasteiger partial charge in [0.25, 0.3) is 0 Å². The van der Waals surface area contributed by atoms with Crippen molar-refractivity contribution in [3.63, 3.8) is 0 Å². The summed E-state index contributed by atoms with van der Waals surface area (Å²) in [6.07, 6.45) is 2.34. The minimum absolute atomic E-state index is 0.0599. The monoisotopic (exact) mass is 356 g/mol. The van der Waals surface area contributed by atoms with Crippen LogP contribution in [0.15, 0.2) is 48.7 Å². The molecule has 138 valence electrons. The molecule has 1 heterocycles. The molecule has 5 heteroatoms. The van der Waals surface area contributed by atoms with Gasteiger partial charge in [0.15, 0.2) is 0 Å². The SMILES string of the molecule is COCCN(Cc1ccccn1)C(=O)[C@@]1(c2ccccc2F)CC1(C)C. The van der Waals surface area contributed by atoms with E-state index < -0.39 is 5.41 Å². The van der Waals surface area contributed by atoms with E-state index in [0.29, 0.717) is 31.7 Å². The van der Waals surface area contributed by atoms with Gasteiger partial charge in [-0.1, -0.05) is 38.1 Å². The fraction of sp³-hybridized carbons (Fsp3) is 0.429. The molecule has 1 aromatic carbocycles. The number of carbonyl (C=O) groups is 1. The lowest BCUT2D eigenvalue weighted by Crippen LogP contribution is -2.43. The Kier molecular flexibility index (Phi) is 5.10. The number of ether oxygens (including phenoxy) is 1. The van der Waals surface area contributed by atoms with Crippen molar-refractivity contribution >= 4 is 5.91 Å². The summed E-state index contributed by atoms with van der Waals surface area (Å²) in [5.74, 6) is -0.383. The Hall–Kier alpha value is -2.27. The number of hydrogen-bond donors (Lipinski definition) is 0. The van der Waals surface area contributed by atoms with Crippen LogP contribution in [0.4, 0.5) is 4.39 Å². The van der Waals surface area contributed by atoms with E-state index >= 15 is 0 Å². The summed E-state index contributed by atoms with van der Waals surface area (Å²) in [7, 11) is 1.61. The van der Waals surface area contributed by atoms with Crippen LogP contribution in [0.5, 0.6) is 0 Å². The maximum atomic E-state index is 14.6. The lowest BCUT2D eigenvalue weighted by atomic mass is 9.86. The highest BCUT2D eigenvalue weighted by Gasteiger charge is 2.68. The van der Waals surface area contributed by atoms with E-state index in [4.69, 9.17) is 4.74 Å². The van der Waals surface area contributed by atoms with E-state index in [-0.39, 0.29) is 17.1 Å². The van der Waals surface area contributed by atoms with Gasteiger partial charge < -0.3 is 9.64 Å². The fourth-order valence-corrected chi connectivity index (χ4v) is 3.78. The number of hydrogen-bond acceptors (Lipinski definition) is 3. The van der Waals surface area contributed by atoms with E-state index in [9.17, 15) is 9.18 Å². The molecular weight excluding hydrogens is 331 g/mol. The van der Waals surface area contributed by atoms with Crippen molar-refractivity contribution in [1.82, 2.24) is 9.88 Å². The molecule has 4 nitrogen and oxygen atoms in total. The lowest BCUT2D eigenvalue weighted by Gasteiger charge is -2.30. The molecule has 26 heavy (non-hydrogen) atoms. The standard InChI is InChI=1S/C21H25FN2O2/c1-20(2)15-21(20,17-9-4-5-10-18(17)22)19(25)24(12-13-26-3)14-16-8-6-7-11-23-16/h4-11H,12-15H2,1-3H3/t21-/m0/s1. The summed E-state index contributed by atoms with van der Waals surface area (Å²) in [5, 5.41) is 0. The van der Waals surface area contributed by atoms with Crippen molar-refractivity contribution < 1.29 is 13.9 Å². The lowest BCUT2D eigenvalue weighted by molar-refractivity contribution is -0.136. The van der Waals surface area contributed by atoms with E-state index in [1.54, 1.807) is 36.4 Å². The molecule has 1 aliphatic carbocycles. The average molecular weight is 356 g/mol. The van der Waals surface area contributed by atoms with Gasteiger partial charge in [-0.05, 0) is 30.0 Å². The number of methoxy groups -OCH3 is 1. The molecule has 0 bridgehead atoms. The zero-order valence-corrected chi connectivity index (χ0v) is 15.5. The van der Waals surface area contributed by atoms with Crippen molar-refractivity contribution in [3.8, 4) is 0 Å². The van der Waals surface area contributed by atoms with Gasteiger partial charge in [0.2, 0.25) is 5.91 Å². The minimum atomic E-state index is -0.832. The van der Waals surface area contributed by atoms with Crippen LogP contribution in [-0.2, 0) is 21.5 Å². The molecule has 0 N–H and O–H groups in total. The van der Waals surface area contributed by atoms with Crippen LogP contribution in [0.1, 0.15) is 31.5 Å². The molecule has 1 aromatic heterocycles. The first kappa shape index (κ1) is 18.5. The van der Waals surface area contributed by atoms with Gasteiger partial charge in [0.05, 0.1) is 24.3 Å². The Morgan fingerprint density at radius 3 is 2.50 bits per heavy atom. The van der Waals surface area contributed by atoms with Crippen molar-refractivity contribution in [2.24, 2.45) is 5.41 Å². The second kappa shape index (κ2) is 7.16. The van der Waals surface area contributed by atoms with Crippen molar-refractivity contribution in [3.05, 3.63) is 65.7 Å². The molecule has 1 aliphatic rings. The van der Waals surface area contributed by atoms with Crippen LogP contribution < -0.4 is 0 Å².